The van der Waals surface area contributed by atoms with Gasteiger partial charge in [0.2, 0.25) is 5.91 Å². The summed E-state index contributed by atoms with van der Waals surface area (Å²) < 4.78 is 12.9. The highest BCUT2D eigenvalue weighted by Crippen LogP contribution is 2.33. The highest BCUT2D eigenvalue weighted by atomic mass is 32.1. The molecule has 2 aromatic carbocycles. The number of nitrogens with one attached hydrogen (secondary N) is 2. The Kier molecular flexibility index (Phi) is 11.4. The highest BCUT2D eigenvalue weighted by molar-refractivity contribution is 7.20. The van der Waals surface area contributed by atoms with Crippen LogP contribution in [0.15, 0.2) is 54.6 Å². The molecule has 1 aromatic heterocycles. The number of likely N-dealkylation sites (tertiary alicyclic amines) is 1. The molecule has 1 aliphatic carbocycles. The van der Waals surface area contributed by atoms with Gasteiger partial charge in [0.1, 0.15) is 5.54 Å². The first-order valence-electron chi connectivity index (χ1n) is 17.5. The molecule has 7 nitrogen and oxygen atoms in total. The van der Waals surface area contributed by atoms with Crippen molar-refractivity contribution in [2.75, 3.05) is 46.1 Å². The van der Waals surface area contributed by atoms with Crippen LogP contribution in [0.2, 0.25) is 0 Å². The smallest absolute Gasteiger partial charge is 0.262 e. The van der Waals surface area contributed by atoms with Gasteiger partial charge in [0.15, 0.2) is 0 Å². The Morgan fingerprint density at radius 3 is 2.52 bits per heavy atom. The lowest BCUT2D eigenvalue weighted by molar-refractivity contribution is -0.128. The van der Waals surface area contributed by atoms with Crippen molar-refractivity contribution in [3.63, 3.8) is 0 Å². The van der Waals surface area contributed by atoms with Crippen molar-refractivity contribution in [1.29, 1.82) is 0 Å². The number of hydrogen-bond donors (Lipinski definition) is 2. The molecule has 1 unspecified atom stereocenters. The average Bonchev–Trinajstić information content (AvgIpc) is 3.73. The van der Waals surface area contributed by atoms with Crippen molar-refractivity contribution in [1.82, 2.24) is 15.5 Å². The predicted molar refractivity (Wildman–Crippen MR) is 185 cm³/mol. The van der Waals surface area contributed by atoms with Crippen LogP contribution in [0.1, 0.15) is 78.6 Å². The first-order chi connectivity index (χ1) is 22.5. The molecule has 2 N–H and O–H groups in total. The fourth-order valence-electron chi connectivity index (χ4n) is 7.52. The zero-order valence-corrected chi connectivity index (χ0v) is 28.3. The topological polar surface area (TPSA) is 79.9 Å². The Morgan fingerprint density at radius 2 is 1.76 bits per heavy atom. The molecule has 2 aliphatic heterocycles. The van der Waals surface area contributed by atoms with Crippen molar-refractivity contribution in [2.45, 2.75) is 82.7 Å². The average molecular weight is 646 g/mol. The molecular weight excluding hydrogens is 595 g/mol. The van der Waals surface area contributed by atoms with E-state index in [-0.39, 0.29) is 17.9 Å². The monoisotopic (exact) mass is 645 g/mol. The van der Waals surface area contributed by atoms with Crippen LogP contribution in [0.3, 0.4) is 0 Å². The van der Waals surface area contributed by atoms with Gasteiger partial charge in [0.05, 0.1) is 17.5 Å². The van der Waals surface area contributed by atoms with Gasteiger partial charge in [0.25, 0.3) is 5.91 Å². The zero-order chi connectivity index (χ0) is 31.8. The number of aryl methyl sites for hydroxylation is 1. The van der Waals surface area contributed by atoms with Gasteiger partial charge in [-0.3, -0.25) is 9.59 Å². The number of thiophene rings is 1. The van der Waals surface area contributed by atoms with Crippen LogP contribution < -0.4 is 10.6 Å². The minimum atomic E-state index is -0.892. The Bertz CT molecular complexity index is 1420. The van der Waals surface area contributed by atoms with Gasteiger partial charge in [-0.25, -0.2) is 0 Å². The zero-order valence-electron chi connectivity index (χ0n) is 27.4. The summed E-state index contributed by atoms with van der Waals surface area (Å²) in [7, 11) is 0. The molecule has 0 radical (unpaired) electrons. The number of hydrogen-bond acceptors (Lipinski definition) is 6. The van der Waals surface area contributed by atoms with Crippen LogP contribution in [-0.4, -0.2) is 74.4 Å². The molecule has 3 aliphatic rings. The summed E-state index contributed by atoms with van der Waals surface area (Å²) in [5.41, 5.74) is 1.45. The number of ether oxygens (including phenoxy) is 2. The Hall–Kier alpha value is -2.78. The summed E-state index contributed by atoms with van der Waals surface area (Å²) in [4.78, 5) is 30.8. The van der Waals surface area contributed by atoms with Gasteiger partial charge in [-0.1, -0.05) is 55.3 Å². The maximum atomic E-state index is 14.0. The van der Waals surface area contributed by atoms with E-state index in [0.717, 1.165) is 48.5 Å². The molecule has 8 heteroatoms. The van der Waals surface area contributed by atoms with E-state index < -0.39 is 5.54 Å². The van der Waals surface area contributed by atoms with E-state index in [4.69, 9.17) is 9.47 Å². The van der Waals surface area contributed by atoms with E-state index in [9.17, 15) is 9.59 Å². The minimum Gasteiger partial charge on any atom is -0.381 e. The van der Waals surface area contributed by atoms with Crippen LogP contribution in [0.5, 0.6) is 0 Å². The second kappa shape index (κ2) is 15.9. The van der Waals surface area contributed by atoms with Gasteiger partial charge >= 0.3 is 0 Å². The number of carbonyl (C=O) groups is 2. The third-order valence-corrected chi connectivity index (χ3v) is 11.5. The molecular formula is C38H51N3O4S. The maximum absolute atomic E-state index is 14.0. The molecule has 0 spiro atoms. The number of nitrogens with zero attached hydrogens (tertiary/aromatic N) is 1. The number of rotatable bonds is 13. The summed E-state index contributed by atoms with van der Waals surface area (Å²) in [5.74, 6) is 1.24. The number of piperidine rings is 1. The van der Waals surface area contributed by atoms with Crippen LogP contribution in [-0.2, 0) is 20.7 Å². The van der Waals surface area contributed by atoms with E-state index in [1.54, 1.807) is 0 Å². The van der Waals surface area contributed by atoms with Gasteiger partial charge in [-0.2, -0.15) is 0 Å². The summed E-state index contributed by atoms with van der Waals surface area (Å²) in [6, 6.07) is 18.3. The normalized spacial score (nSPS) is 20.1. The number of fused-ring (bicyclic) bond motifs is 1. The summed E-state index contributed by atoms with van der Waals surface area (Å²) in [6.45, 7) is 8.66. The van der Waals surface area contributed by atoms with Crippen LogP contribution in [0.25, 0.3) is 10.1 Å². The van der Waals surface area contributed by atoms with Gasteiger partial charge in [-0.15, -0.1) is 11.3 Å². The molecule has 6 rings (SSSR count). The van der Waals surface area contributed by atoms with Gasteiger partial charge < -0.3 is 25.0 Å². The van der Waals surface area contributed by atoms with Crippen molar-refractivity contribution in [3.8, 4) is 0 Å². The fraction of sp³-hybridized carbons (Fsp3) is 0.579. The Morgan fingerprint density at radius 1 is 1.00 bits per heavy atom. The molecule has 46 heavy (non-hydrogen) atoms. The highest BCUT2D eigenvalue weighted by Gasteiger charge is 2.43. The van der Waals surface area contributed by atoms with Crippen LogP contribution in [0, 0.1) is 18.8 Å². The largest absolute Gasteiger partial charge is 0.381 e. The first-order valence-corrected chi connectivity index (χ1v) is 18.3. The standard InChI is InChI=1S/C38H51N3O4S/c1-28-9-10-32-25-35(46-34(32)23-28)36(42)40-38(16-5-6-17-38)37(43)39-33(24-30-7-3-2-4-8-30)27-45-22-13-29-11-18-41(19-12-29)26-31-14-20-44-21-15-31/h2-4,7-10,23,25,29,31,33H,5-6,11-22,24,26-27H2,1H3,(H,39,43)(H,40,42). The van der Waals surface area contributed by atoms with Crippen LogP contribution in [0.4, 0.5) is 0 Å². The van der Waals surface area contributed by atoms with Gasteiger partial charge in [-0.05, 0) is 112 Å². The molecule has 1 atom stereocenters. The van der Waals surface area contributed by atoms with Crippen molar-refractivity contribution in [2.24, 2.45) is 11.8 Å². The summed E-state index contributed by atoms with van der Waals surface area (Å²) in [5, 5.41) is 7.59. The SMILES string of the molecule is Cc1ccc2cc(C(=O)NC3(C(=O)NC(COCCC4CCN(CC5CCOCC5)CC4)Cc4ccccc4)CCCC3)sc2c1. The molecule has 3 aromatic rings. The Labute approximate surface area is 278 Å². The number of benzene rings is 2. The molecule has 3 fully saturated rings. The number of carbonyl (C=O) groups excluding carboxylic acids is 2. The molecule has 2 amide bonds. The molecule has 1 saturated carbocycles. The van der Waals surface area contributed by atoms with Gasteiger partial charge in [0, 0.05) is 31.1 Å². The van der Waals surface area contributed by atoms with E-state index in [0.29, 0.717) is 43.3 Å². The van der Waals surface area contributed by atoms with E-state index in [1.807, 2.05) is 24.3 Å². The second-order valence-corrected chi connectivity index (χ2v) is 15.0. The predicted octanol–water partition coefficient (Wildman–Crippen LogP) is 6.53. The molecule has 3 heterocycles. The van der Waals surface area contributed by atoms with E-state index in [2.05, 4.69) is 52.8 Å². The van der Waals surface area contributed by atoms with Crippen molar-refractivity contribution >= 4 is 33.2 Å². The lowest BCUT2D eigenvalue weighted by Crippen LogP contribution is -2.59. The first kappa shape index (κ1) is 33.1. The van der Waals surface area contributed by atoms with Crippen molar-refractivity contribution < 1.29 is 19.1 Å². The molecule has 0 bridgehead atoms. The fourth-order valence-corrected chi connectivity index (χ4v) is 8.57. The maximum Gasteiger partial charge on any atom is 0.262 e. The lowest BCUT2D eigenvalue weighted by Gasteiger charge is -2.35. The third kappa shape index (κ3) is 8.77. The number of amides is 2. The quantitative estimate of drug-likeness (QED) is 0.207. The minimum absolute atomic E-state index is 0.0864. The van der Waals surface area contributed by atoms with E-state index in [1.165, 1.54) is 67.8 Å². The second-order valence-electron chi connectivity index (χ2n) is 13.9. The lowest BCUT2D eigenvalue weighted by atomic mass is 9.92. The molecule has 248 valence electrons. The summed E-state index contributed by atoms with van der Waals surface area (Å²) >= 11 is 1.49. The van der Waals surface area contributed by atoms with Crippen molar-refractivity contribution in [3.05, 3.63) is 70.6 Å². The third-order valence-electron chi connectivity index (χ3n) is 10.4. The van der Waals surface area contributed by atoms with Crippen LogP contribution >= 0.6 is 11.3 Å². The molecule has 2 saturated heterocycles. The van der Waals surface area contributed by atoms with E-state index >= 15 is 0 Å². The Balaban J connectivity index is 1.02. The summed E-state index contributed by atoms with van der Waals surface area (Å²) in [6.07, 6.45) is 9.78.